The Bertz CT molecular complexity index is 854. The number of aryl methyl sites for hydroxylation is 1. The maximum Gasteiger partial charge on any atom is 0.240 e. The highest BCUT2D eigenvalue weighted by atomic mass is 32.2. The molecule has 1 amide bonds. The molecule has 2 aromatic carbocycles. The maximum absolute atomic E-state index is 13.5. The van der Waals surface area contributed by atoms with Gasteiger partial charge in [-0.05, 0) is 43.8 Å². The van der Waals surface area contributed by atoms with Gasteiger partial charge in [-0.2, -0.15) is 0 Å². The molecule has 0 aromatic heterocycles. The summed E-state index contributed by atoms with van der Waals surface area (Å²) in [5.41, 5.74) is 0.941. The van der Waals surface area contributed by atoms with Crippen LogP contribution in [0.5, 0.6) is 0 Å². The zero-order chi connectivity index (χ0) is 17.7. The Hall–Kier alpha value is -1.90. The number of carbonyl (C=O) groups is 1. The molecule has 0 aliphatic carbocycles. The molecule has 0 bridgehead atoms. The third-order valence-electron chi connectivity index (χ3n) is 3.23. The van der Waals surface area contributed by atoms with E-state index in [4.69, 9.17) is 0 Å². The number of anilines is 1. The second-order valence-electron chi connectivity index (χ2n) is 4.96. The van der Waals surface area contributed by atoms with Crippen LogP contribution >= 0.6 is 11.8 Å². The lowest BCUT2D eigenvalue weighted by molar-refractivity contribution is -0.113. The minimum Gasteiger partial charge on any atom is -0.325 e. The minimum atomic E-state index is -3.60. The molecule has 2 N–H and O–H groups in total. The third-order valence-corrected chi connectivity index (χ3v) is 5.83. The number of nitrogens with one attached hydrogen (secondary N) is 2. The largest absolute Gasteiger partial charge is 0.325 e. The molecule has 0 spiro atoms. The van der Waals surface area contributed by atoms with Crippen molar-refractivity contribution < 1.29 is 17.6 Å². The van der Waals surface area contributed by atoms with Gasteiger partial charge in [0, 0.05) is 10.6 Å². The summed E-state index contributed by atoms with van der Waals surface area (Å²) in [6, 6.07) is 10.8. The summed E-state index contributed by atoms with van der Waals surface area (Å²) < 4.78 is 39.6. The summed E-state index contributed by atoms with van der Waals surface area (Å²) in [5, 5.41) is 2.62. The third kappa shape index (κ3) is 4.56. The van der Waals surface area contributed by atoms with E-state index in [-0.39, 0.29) is 22.4 Å². The fourth-order valence-corrected chi connectivity index (χ4v) is 3.71. The molecule has 0 radical (unpaired) electrons. The van der Waals surface area contributed by atoms with Gasteiger partial charge in [-0.25, -0.2) is 17.5 Å². The highest BCUT2D eigenvalue weighted by molar-refractivity contribution is 8.00. The number of sulfonamides is 1. The van der Waals surface area contributed by atoms with Crippen LogP contribution in [-0.2, 0) is 14.8 Å². The van der Waals surface area contributed by atoms with Crippen LogP contribution in [0.2, 0.25) is 0 Å². The van der Waals surface area contributed by atoms with E-state index in [0.717, 1.165) is 11.8 Å². The number of benzene rings is 2. The monoisotopic (exact) mass is 368 g/mol. The summed E-state index contributed by atoms with van der Waals surface area (Å²) in [6.45, 7) is 1.67. The Balaban J connectivity index is 2.07. The van der Waals surface area contributed by atoms with Gasteiger partial charge in [-0.15, -0.1) is 11.8 Å². The molecule has 128 valence electrons. The van der Waals surface area contributed by atoms with Crippen LogP contribution in [0.1, 0.15) is 5.56 Å². The fraction of sp³-hybridized carbons (Fsp3) is 0.188. The average molecular weight is 368 g/mol. The van der Waals surface area contributed by atoms with Gasteiger partial charge in [-0.3, -0.25) is 4.79 Å². The molecular formula is C16H17FN2O3S2. The molecule has 0 fully saturated rings. The topological polar surface area (TPSA) is 75.3 Å². The maximum atomic E-state index is 13.5. The molecule has 8 heteroatoms. The van der Waals surface area contributed by atoms with Crippen LogP contribution in [0, 0.1) is 12.7 Å². The first kappa shape index (κ1) is 18.4. The number of halogens is 1. The van der Waals surface area contributed by atoms with Crippen LogP contribution in [0.3, 0.4) is 0 Å². The number of thioether (sulfide) groups is 1. The Labute approximate surface area is 144 Å². The van der Waals surface area contributed by atoms with E-state index >= 15 is 0 Å². The van der Waals surface area contributed by atoms with E-state index in [2.05, 4.69) is 10.0 Å². The summed E-state index contributed by atoms with van der Waals surface area (Å²) in [4.78, 5) is 12.5. The molecule has 5 nitrogen and oxygen atoms in total. The predicted molar refractivity (Wildman–Crippen MR) is 93.2 cm³/mol. The molecule has 2 aromatic rings. The van der Waals surface area contributed by atoms with Crippen LogP contribution in [0.4, 0.5) is 10.1 Å². The van der Waals surface area contributed by atoms with Gasteiger partial charge >= 0.3 is 0 Å². The average Bonchev–Trinajstić information content (AvgIpc) is 2.55. The summed E-state index contributed by atoms with van der Waals surface area (Å²) >= 11 is 1.07. The quantitative estimate of drug-likeness (QED) is 0.769. The van der Waals surface area contributed by atoms with E-state index in [0.29, 0.717) is 16.1 Å². The van der Waals surface area contributed by atoms with Crippen molar-refractivity contribution in [2.45, 2.75) is 16.7 Å². The lowest BCUT2D eigenvalue weighted by atomic mass is 10.2. The molecule has 2 rings (SSSR count). The van der Waals surface area contributed by atoms with Crippen molar-refractivity contribution in [2.24, 2.45) is 0 Å². The van der Waals surface area contributed by atoms with Crippen molar-refractivity contribution in [3.8, 4) is 0 Å². The van der Waals surface area contributed by atoms with E-state index < -0.39 is 10.0 Å². The normalized spacial score (nSPS) is 11.3. The first-order chi connectivity index (χ1) is 11.3. The molecule has 0 aliphatic heterocycles. The molecule has 0 heterocycles. The van der Waals surface area contributed by atoms with Gasteiger partial charge in [-0.1, -0.05) is 18.2 Å². The second kappa shape index (κ2) is 7.78. The Morgan fingerprint density at radius 3 is 2.58 bits per heavy atom. The number of amides is 1. The smallest absolute Gasteiger partial charge is 0.240 e. The minimum absolute atomic E-state index is 0.0168. The number of rotatable bonds is 6. The predicted octanol–water partition coefficient (Wildman–Crippen LogP) is 2.77. The Kier molecular flexibility index (Phi) is 5.98. The zero-order valence-corrected chi connectivity index (χ0v) is 14.8. The van der Waals surface area contributed by atoms with Crippen LogP contribution in [-0.4, -0.2) is 27.1 Å². The highest BCUT2D eigenvalue weighted by Gasteiger charge is 2.16. The Morgan fingerprint density at radius 1 is 1.21 bits per heavy atom. The zero-order valence-electron chi connectivity index (χ0n) is 13.2. The molecule has 0 atom stereocenters. The first-order valence-electron chi connectivity index (χ1n) is 7.05. The van der Waals surface area contributed by atoms with Gasteiger partial charge in [0.25, 0.3) is 0 Å². The molecule has 0 saturated heterocycles. The first-order valence-corrected chi connectivity index (χ1v) is 9.52. The second-order valence-corrected chi connectivity index (χ2v) is 7.83. The van der Waals surface area contributed by atoms with Crippen molar-refractivity contribution in [2.75, 3.05) is 18.1 Å². The van der Waals surface area contributed by atoms with E-state index in [1.54, 1.807) is 37.3 Å². The van der Waals surface area contributed by atoms with Crippen LogP contribution in [0.25, 0.3) is 0 Å². The SMILES string of the molecule is CNS(=O)(=O)c1cc(NC(=O)CSc2ccccc2F)ccc1C. The van der Waals surface area contributed by atoms with Crippen molar-refractivity contribution in [3.05, 3.63) is 53.8 Å². The van der Waals surface area contributed by atoms with Gasteiger partial charge in [0.15, 0.2) is 0 Å². The van der Waals surface area contributed by atoms with Crippen LogP contribution in [0.15, 0.2) is 52.3 Å². The number of carbonyl (C=O) groups excluding carboxylic acids is 1. The van der Waals surface area contributed by atoms with E-state index in [1.807, 2.05) is 0 Å². The summed E-state index contributed by atoms with van der Waals surface area (Å²) in [7, 11) is -2.28. The number of hydrogen-bond donors (Lipinski definition) is 2. The summed E-state index contributed by atoms with van der Waals surface area (Å²) in [6.07, 6.45) is 0. The van der Waals surface area contributed by atoms with Gasteiger partial charge in [0.2, 0.25) is 15.9 Å². The van der Waals surface area contributed by atoms with Crippen molar-refractivity contribution in [3.63, 3.8) is 0 Å². The fourth-order valence-electron chi connectivity index (χ4n) is 1.98. The van der Waals surface area contributed by atoms with Gasteiger partial charge in [0.1, 0.15) is 5.82 Å². The molecular weight excluding hydrogens is 351 g/mol. The highest BCUT2D eigenvalue weighted by Crippen LogP contribution is 2.23. The standard InChI is InChI=1S/C16H17FN2O3S2/c1-11-7-8-12(9-15(11)24(21,22)18-2)19-16(20)10-23-14-6-4-3-5-13(14)17/h3-9,18H,10H2,1-2H3,(H,19,20). The van der Waals surface area contributed by atoms with E-state index in [9.17, 15) is 17.6 Å². The van der Waals surface area contributed by atoms with Crippen LogP contribution < -0.4 is 10.0 Å². The van der Waals surface area contributed by atoms with Gasteiger partial charge < -0.3 is 5.32 Å². The molecule has 0 saturated carbocycles. The molecule has 24 heavy (non-hydrogen) atoms. The van der Waals surface area contributed by atoms with Crippen molar-refractivity contribution >= 4 is 33.4 Å². The number of hydrogen-bond acceptors (Lipinski definition) is 4. The van der Waals surface area contributed by atoms with Gasteiger partial charge in [0.05, 0.1) is 10.6 Å². The Morgan fingerprint density at radius 2 is 1.92 bits per heavy atom. The molecule has 0 aliphatic rings. The van der Waals surface area contributed by atoms with Crippen molar-refractivity contribution in [1.29, 1.82) is 0 Å². The summed E-state index contributed by atoms with van der Waals surface area (Å²) in [5.74, 6) is -0.712. The molecule has 0 unspecified atom stereocenters. The lowest BCUT2D eigenvalue weighted by Gasteiger charge is -2.10. The van der Waals surface area contributed by atoms with E-state index in [1.165, 1.54) is 19.2 Å². The lowest BCUT2D eigenvalue weighted by Crippen LogP contribution is -2.20. The van der Waals surface area contributed by atoms with Crippen molar-refractivity contribution in [1.82, 2.24) is 4.72 Å².